The molecule has 3 N–H and O–H groups in total. The molecule has 0 atom stereocenters. The number of carboxylic acid groups (broad SMARTS) is 1. The Bertz CT molecular complexity index is 275. The molecule has 0 bridgehead atoms. The molecule has 1 amide bonds. The molecule has 1 aromatic heterocycles. The first-order valence-corrected chi connectivity index (χ1v) is 2.60. The van der Waals surface area contributed by atoms with Gasteiger partial charge >= 0.3 is 11.9 Å². The third-order valence-corrected chi connectivity index (χ3v) is 0.934. The van der Waals surface area contributed by atoms with E-state index in [1.807, 2.05) is 0 Å². The molecule has 0 aliphatic heterocycles. The molecule has 0 fully saturated rings. The van der Waals surface area contributed by atoms with Gasteiger partial charge in [-0.15, -0.1) is 0 Å². The Labute approximate surface area is 60.6 Å². The summed E-state index contributed by atoms with van der Waals surface area (Å²) in [7, 11) is 0. The first-order valence-electron chi connectivity index (χ1n) is 2.60. The average molecular weight is 156 g/mol. The second-order valence-corrected chi connectivity index (χ2v) is 1.71. The Kier molecular flexibility index (Phi) is 1.59. The molecular formula is C5H4N2O4. The van der Waals surface area contributed by atoms with Gasteiger partial charge in [-0.1, -0.05) is 0 Å². The predicted octanol–water partition coefficient (Wildman–Crippen LogP) is -0.528. The fourth-order valence-corrected chi connectivity index (χ4v) is 0.485. The van der Waals surface area contributed by atoms with E-state index in [9.17, 15) is 9.59 Å². The number of aromatic nitrogens is 1. The Morgan fingerprint density at radius 2 is 2.27 bits per heavy atom. The molecule has 58 valence electrons. The summed E-state index contributed by atoms with van der Waals surface area (Å²) >= 11 is 0. The minimum absolute atomic E-state index is 0.334. The molecule has 1 heterocycles. The summed E-state index contributed by atoms with van der Waals surface area (Å²) in [5.41, 5.74) is 4.40. The molecule has 0 unspecified atom stereocenters. The fraction of sp³-hybridized carbons (Fsp3) is 0. The lowest BCUT2D eigenvalue weighted by Crippen LogP contribution is -2.11. The van der Waals surface area contributed by atoms with Crippen LogP contribution >= 0.6 is 0 Å². The van der Waals surface area contributed by atoms with Gasteiger partial charge in [0.25, 0.3) is 5.89 Å². The van der Waals surface area contributed by atoms with E-state index < -0.39 is 17.8 Å². The largest absolute Gasteiger partial charge is 0.476 e. The molecule has 0 saturated heterocycles. The van der Waals surface area contributed by atoms with E-state index in [0.29, 0.717) is 0 Å². The van der Waals surface area contributed by atoms with Crippen molar-refractivity contribution >= 4 is 11.9 Å². The summed E-state index contributed by atoms with van der Waals surface area (Å²) in [4.78, 5) is 23.7. The number of aromatic carboxylic acids is 1. The molecule has 11 heavy (non-hydrogen) atoms. The number of carboxylic acids is 1. The lowest BCUT2D eigenvalue weighted by molar-refractivity contribution is 0.0690. The van der Waals surface area contributed by atoms with Crippen LogP contribution in [0.5, 0.6) is 0 Å². The van der Waals surface area contributed by atoms with Crippen LogP contribution in [0.4, 0.5) is 0 Å². The monoisotopic (exact) mass is 156 g/mol. The lowest BCUT2D eigenvalue weighted by atomic mass is 10.5. The fourth-order valence-electron chi connectivity index (χ4n) is 0.485. The molecule has 0 aromatic carbocycles. The second-order valence-electron chi connectivity index (χ2n) is 1.71. The number of rotatable bonds is 2. The number of oxazole rings is 1. The first-order chi connectivity index (χ1) is 5.11. The van der Waals surface area contributed by atoms with Crippen LogP contribution in [0.15, 0.2) is 10.7 Å². The molecule has 0 radical (unpaired) electrons. The van der Waals surface area contributed by atoms with Crippen molar-refractivity contribution in [2.75, 3.05) is 0 Å². The van der Waals surface area contributed by atoms with Crippen LogP contribution in [0.1, 0.15) is 21.2 Å². The van der Waals surface area contributed by atoms with E-state index >= 15 is 0 Å². The van der Waals surface area contributed by atoms with Crippen molar-refractivity contribution in [2.24, 2.45) is 5.73 Å². The molecule has 1 rings (SSSR count). The molecule has 0 aliphatic carbocycles. The van der Waals surface area contributed by atoms with Crippen LogP contribution in [0.2, 0.25) is 0 Å². The van der Waals surface area contributed by atoms with Gasteiger partial charge < -0.3 is 15.3 Å². The van der Waals surface area contributed by atoms with E-state index in [0.717, 1.165) is 6.26 Å². The lowest BCUT2D eigenvalue weighted by Gasteiger charge is -1.80. The zero-order valence-electron chi connectivity index (χ0n) is 5.27. The topological polar surface area (TPSA) is 106 Å². The zero-order chi connectivity index (χ0) is 8.43. The Balaban J connectivity index is 2.99. The Morgan fingerprint density at radius 3 is 2.55 bits per heavy atom. The quantitative estimate of drug-likeness (QED) is 0.598. The number of amides is 1. The number of hydrogen-bond donors (Lipinski definition) is 2. The number of nitrogens with zero attached hydrogens (tertiary/aromatic N) is 1. The van der Waals surface area contributed by atoms with Gasteiger partial charge in [-0.3, -0.25) is 4.79 Å². The number of carbonyl (C=O) groups excluding carboxylic acids is 1. The molecular weight excluding hydrogens is 152 g/mol. The summed E-state index contributed by atoms with van der Waals surface area (Å²) in [6, 6.07) is 0. The zero-order valence-corrected chi connectivity index (χ0v) is 5.27. The van der Waals surface area contributed by atoms with E-state index in [1.54, 1.807) is 0 Å². The van der Waals surface area contributed by atoms with E-state index in [1.165, 1.54) is 0 Å². The summed E-state index contributed by atoms with van der Waals surface area (Å²) in [5, 5.41) is 8.31. The summed E-state index contributed by atoms with van der Waals surface area (Å²) in [6.07, 6.45) is 0.850. The highest BCUT2D eigenvalue weighted by Crippen LogP contribution is 1.99. The number of hydrogen-bond acceptors (Lipinski definition) is 4. The van der Waals surface area contributed by atoms with Crippen LogP contribution < -0.4 is 5.73 Å². The van der Waals surface area contributed by atoms with Crippen LogP contribution in [0, 0.1) is 0 Å². The van der Waals surface area contributed by atoms with Crippen LogP contribution in [0.25, 0.3) is 0 Å². The number of primary amides is 1. The predicted molar refractivity (Wildman–Crippen MR) is 32.0 cm³/mol. The highest BCUT2D eigenvalue weighted by Gasteiger charge is 2.13. The van der Waals surface area contributed by atoms with Crippen molar-refractivity contribution in [1.29, 1.82) is 0 Å². The maximum absolute atomic E-state index is 10.3. The van der Waals surface area contributed by atoms with Crippen molar-refractivity contribution in [3.63, 3.8) is 0 Å². The number of carbonyl (C=O) groups is 2. The maximum Gasteiger partial charge on any atom is 0.357 e. The molecule has 0 spiro atoms. The highest BCUT2D eigenvalue weighted by molar-refractivity contribution is 5.90. The van der Waals surface area contributed by atoms with Gasteiger partial charge in [0, 0.05) is 0 Å². The van der Waals surface area contributed by atoms with Crippen LogP contribution in [0.3, 0.4) is 0 Å². The Hall–Kier alpha value is -1.85. The highest BCUT2D eigenvalue weighted by atomic mass is 16.4. The molecule has 6 nitrogen and oxygen atoms in total. The van der Waals surface area contributed by atoms with Crippen LogP contribution in [-0.2, 0) is 0 Å². The molecule has 0 aliphatic rings. The summed E-state index contributed by atoms with van der Waals surface area (Å²) in [5.74, 6) is -2.55. The minimum atomic E-state index is -1.26. The van der Waals surface area contributed by atoms with Gasteiger partial charge in [0.2, 0.25) is 0 Å². The van der Waals surface area contributed by atoms with E-state index in [2.05, 4.69) is 9.40 Å². The Morgan fingerprint density at radius 1 is 1.64 bits per heavy atom. The molecule has 1 aromatic rings. The van der Waals surface area contributed by atoms with E-state index in [-0.39, 0.29) is 5.69 Å². The third-order valence-electron chi connectivity index (χ3n) is 0.934. The summed E-state index contributed by atoms with van der Waals surface area (Å²) < 4.78 is 4.42. The van der Waals surface area contributed by atoms with Crippen molar-refractivity contribution in [3.05, 3.63) is 17.8 Å². The first kappa shape index (κ1) is 7.26. The van der Waals surface area contributed by atoms with Gasteiger partial charge in [-0.05, 0) is 0 Å². The standard InChI is InChI=1S/C5H4N2O4/c6-3(8)4-7-2(1-11-4)5(9)10/h1H,(H2,6,8)(H,9,10). The number of nitrogens with two attached hydrogens (primary N) is 1. The molecule has 0 saturated carbocycles. The van der Waals surface area contributed by atoms with Crippen molar-refractivity contribution in [3.8, 4) is 0 Å². The van der Waals surface area contributed by atoms with Gasteiger partial charge in [0.05, 0.1) is 0 Å². The van der Waals surface area contributed by atoms with Crippen molar-refractivity contribution < 1.29 is 19.1 Å². The third kappa shape index (κ3) is 1.34. The maximum atomic E-state index is 10.3. The smallest absolute Gasteiger partial charge is 0.357 e. The van der Waals surface area contributed by atoms with Crippen molar-refractivity contribution in [1.82, 2.24) is 4.98 Å². The van der Waals surface area contributed by atoms with E-state index in [4.69, 9.17) is 10.8 Å². The van der Waals surface area contributed by atoms with Gasteiger partial charge in [-0.2, -0.15) is 4.98 Å². The average Bonchev–Trinajstić information content (AvgIpc) is 2.33. The van der Waals surface area contributed by atoms with Gasteiger partial charge in [0.1, 0.15) is 6.26 Å². The second kappa shape index (κ2) is 2.41. The van der Waals surface area contributed by atoms with Crippen LogP contribution in [-0.4, -0.2) is 22.0 Å². The van der Waals surface area contributed by atoms with Gasteiger partial charge in [0.15, 0.2) is 5.69 Å². The molecule has 6 heteroatoms. The SMILES string of the molecule is NC(=O)c1nc(C(=O)O)co1. The van der Waals surface area contributed by atoms with Gasteiger partial charge in [-0.25, -0.2) is 4.79 Å². The summed E-state index contributed by atoms with van der Waals surface area (Å²) in [6.45, 7) is 0. The minimum Gasteiger partial charge on any atom is -0.476 e. The van der Waals surface area contributed by atoms with Crippen molar-refractivity contribution in [2.45, 2.75) is 0 Å². The normalized spacial score (nSPS) is 9.45.